The van der Waals surface area contributed by atoms with Gasteiger partial charge in [0.1, 0.15) is 12.1 Å². The fourth-order valence-electron chi connectivity index (χ4n) is 2.60. The van der Waals surface area contributed by atoms with Gasteiger partial charge in [-0.3, -0.25) is 15.0 Å². The number of carbonyl (C=O) groups is 3. The molecule has 0 aromatic heterocycles. The summed E-state index contributed by atoms with van der Waals surface area (Å²) in [5, 5.41) is 24.2. The van der Waals surface area contributed by atoms with Crippen LogP contribution >= 0.6 is 0 Å². The molecule has 0 fully saturated rings. The number of hydrogen-bond donors (Lipinski definition) is 8. The van der Waals surface area contributed by atoms with Crippen molar-refractivity contribution in [1.82, 2.24) is 16.0 Å². The predicted molar refractivity (Wildman–Crippen MR) is 111 cm³/mol. The molecule has 11 N–H and O–H groups in total. The van der Waals surface area contributed by atoms with Crippen LogP contribution < -0.4 is 33.2 Å². The minimum Gasteiger partial charge on any atom is -0.480 e. The van der Waals surface area contributed by atoms with E-state index >= 15 is 0 Å². The summed E-state index contributed by atoms with van der Waals surface area (Å²) in [6.07, 6.45) is 2.83. The summed E-state index contributed by atoms with van der Waals surface area (Å²) in [7, 11) is 0. The van der Waals surface area contributed by atoms with E-state index in [0.29, 0.717) is 38.8 Å². The third kappa shape index (κ3) is 11.3. The molecule has 0 heterocycles. The Bertz CT molecular complexity index is 544. The number of carboxylic acid groups (broad SMARTS) is 1. The Hall–Kier alpha value is -2.40. The Labute approximate surface area is 172 Å². The van der Waals surface area contributed by atoms with Crippen LogP contribution in [-0.2, 0) is 14.4 Å². The summed E-state index contributed by atoms with van der Waals surface area (Å²) in [4.78, 5) is 36.5. The fourth-order valence-corrected chi connectivity index (χ4v) is 2.60. The average Bonchev–Trinajstić information content (AvgIpc) is 2.67. The number of guanidine groups is 1. The van der Waals surface area contributed by atoms with Crippen LogP contribution in [0.15, 0.2) is 0 Å². The number of rotatable bonds is 15. The lowest BCUT2D eigenvalue weighted by molar-refractivity contribution is -0.142. The number of amides is 2. The first-order chi connectivity index (χ1) is 13.6. The SMILES string of the molecule is CC[C@H](C)[C@H](N)C(=O)N[C@@H](CCCNC(=N)N)C(=O)N[C@@H](CCCCN)C(=O)O. The van der Waals surface area contributed by atoms with E-state index in [2.05, 4.69) is 16.0 Å². The number of carbonyl (C=O) groups excluding carboxylic acids is 2. The van der Waals surface area contributed by atoms with Crippen LogP contribution in [0.1, 0.15) is 52.4 Å². The van der Waals surface area contributed by atoms with Gasteiger partial charge in [-0.15, -0.1) is 0 Å². The van der Waals surface area contributed by atoms with E-state index < -0.39 is 35.9 Å². The summed E-state index contributed by atoms with van der Waals surface area (Å²) in [6.45, 7) is 4.53. The molecule has 29 heavy (non-hydrogen) atoms. The number of nitrogens with two attached hydrogens (primary N) is 3. The number of aliphatic carboxylic acids is 1. The van der Waals surface area contributed by atoms with Crippen molar-refractivity contribution in [1.29, 1.82) is 5.41 Å². The normalized spacial score (nSPS) is 14.9. The van der Waals surface area contributed by atoms with Crippen LogP contribution in [0.4, 0.5) is 0 Å². The highest BCUT2D eigenvalue weighted by atomic mass is 16.4. The summed E-state index contributed by atoms with van der Waals surface area (Å²) >= 11 is 0. The zero-order chi connectivity index (χ0) is 22.4. The van der Waals surface area contributed by atoms with Crippen molar-refractivity contribution in [3.8, 4) is 0 Å². The lowest BCUT2D eigenvalue weighted by Crippen LogP contribution is -2.55. The average molecular weight is 416 g/mol. The Morgan fingerprint density at radius 3 is 2.14 bits per heavy atom. The molecule has 0 radical (unpaired) electrons. The zero-order valence-corrected chi connectivity index (χ0v) is 17.4. The van der Waals surface area contributed by atoms with Gasteiger partial charge in [-0.2, -0.15) is 0 Å². The van der Waals surface area contributed by atoms with Gasteiger partial charge in [-0.1, -0.05) is 20.3 Å². The van der Waals surface area contributed by atoms with E-state index in [1.54, 1.807) is 0 Å². The largest absolute Gasteiger partial charge is 0.480 e. The molecule has 0 bridgehead atoms. The van der Waals surface area contributed by atoms with Gasteiger partial charge >= 0.3 is 5.97 Å². The minimum absolute atomic E-state index is 0.0684. The maximum atomic E-state index is 12.7. The highest BCUT2D eigenvalue weighted by Gasteiger charge is 2.28. The molecule has 11 nitrogen and oxygen atoms in total. The second-order valence-corrected chi connectivity index (χ2v) is 7.14. The zero-order valence-electron chi connectivity index (χ0n) is 17.4. The molecule has 0 unspecified atom stereocenters. The Kier molecular flexibility index (Phi) is 13.4. The Morgan fingerprint density at radius 1 is 1.03 bits per heavy atom. The van der Waals surface area contributed by atoms with Crippen LogP contribution in [0.3, 0.4) is 0 Å². The van der Waals surface area contributed by atoms with Crippen molar-refractivity contribution >= 4 is 23.7 Å². The molecule has 0 rings (SSSR count). The van der Waals surface area contributed by atoms with Crippen LogP contribution in [0.5, 0.6) is 0 Å². The molecular formula is C18H37N7O4. The molecule has 11 heteroatoms. The van der Waals surface area contributed by atoms with Crippen molar-refractivity contribution in [2.24, 2.45) is 23.1 Å². The van der Waals surface area contributed by atoms with E-state index in [9.17, 15) is 19.5 Å². The fraction of sp³-hybridized carbons (Fsp3) is 0.778. The van der Waals surface area contributed by atoms with Gasteiger partial charge in [0.15, 0.2) is 5.96 Å². The standard InChI is InChI=1S/C18H37N7O4/c1-3-11(2)14(20)16(27)24-12(8-6-10-23-18(21)22)15(26)25-13(17(28)29)7-4-5-9-19/h11-14H,3-10,19-20H2,1-2H3,(H,24,27)(H,25,26)(H,28,29)(H4,21,22,23)/t11-,12-,13-,14-/m0/s1. The lowest BCUT2D eigenvalue weighted by Gasteiger charge is -2.24. The number of hydrogen-bond acceptors (Lipinski definition) is 6. The molecule has 0 aliphatic heterocycles. The first-order valence-corrected chi connectivity index (χ1v) is 10.0. The second kappa shape index (κ2) is 14.6. The Morgan fingerprint density at radius 2 is 1.62 bits per heavy atom. The molecule has 0 aromatic rings. The van der Waals surface area contributed by atoms with Crippen molar-refractivity contribution in [2.75, 3.05) is 13.1 Å². The van der Waals surface area contributed by atoms with Crippen LogP contribution in [0.2, 0.25) is 0 Å². The highest BCUT2D eigenvalue weighted by molar-refractivity contribution is 5.91. The number of nitrogens with one attached hydrogen (secondary N) is 4. The highest BCUT2D eigenvalue weighted by Crippen LogP contribution is 2.08. The van der Waals surface area contributed by atoms with Gasteiger partial charge in [-0.05, 0) is 44.6 Å². The maximum Gasteiger partial charge on any atom is 0.326 e. The maximum absolute atomic E-state index is 12.7. The third-order valence-electron chi connectivity index (χ3n) is 4.74. The van der Waals surface area contributed by atoms with Gasteiger partial charge in [0, 0.05) is 6.54 Å². The topological polar surface area (TPSA) is 209 Å². The van der Waals surface area contributed by atoms with Crippen molar-refractivity contribution in [3.05, 3.63) is 0 Å². The number of unbranched alkanes of at least 4 members (excludes halogenated alkanes) is 1. The monoisotopic (exact) mass is 415 g/mol. The van der Waals surface area contributed by atoms with Crippen LogP contribution in [0.25, 0.3) is 0 Å². The van der Waals surface area contributed by atoms with E-state index in [0.717, 1.165) is 0 Å². The molecule has 0 saturated carbocycles. The number of carboxylic acids is 1. The summed E-state index contributed by atoms with van der Waals surface area (Å²) in [5.74, 6) is -2.46. The van der Waals surface area contributed by atoms with Crippen LogP contribution in [-0.4, -0.2) is 60.1 Å². The van der Waals surface area contributed by atoms with Crippen LogP contribution in [0, 0.1) is 11.3 Å². The summed E-state index contributed by atoms with van der Waals surface area (Å²) < 4.78 is 0. The molecule has 0 aliphatic carbocycles. The van der Waals surface area contributed by atoms with E-state index in [-0.39, 0.29) is 24.7 Å². The van der Waals surface area contributed by atoms with E-state index in [1.807, 2.05) is 13.8 Å². The molecular weight excluding hydrogens is 378 g/mol. The van der Waals surface area contributed by atoms with Crippen molar-refractivity contribution in [3.63, 3.8) is 0 Å². The van der Waals surface area contributed by atoms with Crippen molar-refractivity contribution < 1.29 is 19.5 Å². The van der Waals surface area contributed by atoms with Gasteiger partial charge in [-0.25, -0.2) is 4.79 Å². The molecule has 168 valence electrons. The van der Waals surface area contributed by atoms with Gasteiger partial charge < -0.3 is 38.3 Å². The van der Waals surface area contributed by atoms with Gasteiger partial charge in [0.2, 0.25) is 11.8 Å². The molecule has 0 aromatic carbocycles. The first kappa shape index (κ1) is 26.6. The molecule has 0 saturated heterocycles. The molecule has 0 aliphatic rings. The van der Waals surface area contributed by atoms with E-state index in [1.165, 1.54) is 0 Å². The second-order valence-electron chi connectivity index (χ2n) is 7.14. The van der Waals surface area contributed by atoms with Gasteiger partial charge in [0.25, 0.3) is 0 Å². The minimum atomic E-state index is -1.14. The predicted octanol–water partition coefficient (Wildman–Crippen LogP) is -1.19. The van der Waals surface area contributed by atoms with Crippen molar-refractivity contribution in [2.45, 2.75) is 70.5 Å². The lowest BCUT2D eigenvalue weighted by atomic mass is 9.98. The Balaban J connectivity index is 5.07. The van der Waals surface area contributed by atoms with Gasteiger partial charge in [0.05, 0.1) is 6.04 Å². The van der Waals surface area contributed by atoms with E-state index in [4.69, 9.17) is 22.6 Å². The molecule has 0 spiro atoms. The third-order valence-corrected chi connectivity index (χ3v) is 4.74. The quantitative estimate of drug-likeness (QED) is 0.0923. The smallest absolute Gasteiger partial charge is 0.326 e. The summed E-state index contributed by atoms with van der Waals surface area (Å²) in [5.41, 5.74) is 16.6. The first-order valence-electron chi connectivity index (χ1n) is 10.0. The molecule has 4 atom stereocenters. The summed E-state index contributed by atoms with van der Waals surface area (Å²) in [6, 6.07) is -2.78. The molecule has 2 amide bonds.